The summed E-state index contributed by atoms with van der Waals surface area (Å²) in [5.41, 5.74) is 2.25. The molecule has 1 rings (SSSR count). The highest BCUT2D eigenvalue weighted by Crippen LogP contribution is 2.08. The maximum atomic E-state index is 4.47. The number of rotatable bonds is 3. The van der Waals surface area contributed by atoms with Crippen molar-refractivity contribution in [2.45, 2.75) is 6.54 Å². The minimum Gasteiger partial charge on any atom is -0.388 e. The number of anilines is 1. The minimum absolute atomic E-state index is 0.619. The quantitative estimate of drug-likeness (QED) is 0.567. The summed E-state index contributed by atoms with van der Waals surface area (Å²) in [6.07, 6.45) is 0. The summed E-state index contributed by atoms with van der Waals surface area (Å²) in [6.45, 7) is 0.619. The van der Waals surface area contributed by atoms with E-state index >= 15 is 0 Å². The molecule has 1 aromatic carbocycles. The van der Waals surface area contributed by atoms with Crippen LogP contribution in [-0.4, -0.2) is 12.2 Å². The van der Waals surface area contributed by atoms with Crippen molar-refractivity contribution >= 4 is 23.1 Å². The molecule has 12 heavy (non-hydrogen) atoms. The van der Waals surface area contributed by atoms with Gasteiger partial charge in [-0.25, -0.2) is 4.99 Å². The van der Waals surface area contributed by atoms with Crippen LogP contribution in [0.15, 0.2) is 29.3 Å². The van der Waals surface area contributed by atoms with Crippen LogP contribution in [0.1, 0.15) is 5.56 Å². The molecule has 0 saturated heterocycles. The SMILES string of the molecule is CNc1ccc(CN=C=S)cc1. The standard InChI is InChI=1S/C9H10N2S/c1-10-9-4-2-8(3-5-9)6-11-7-12/h2-5,10H,6H2,1H3. The Hall–Kier alpha value is -1.18. The first-order chi connectivity index (χ1) is 5.86. The fraction of sp³-hybridized carbons (Fsp3) is 0.222. The van der Waals surface area contributed by atoms with E-state index in [2.05, 4.69) is 27.7 Å². The Morgan fingerprint density at radius 1 is 1.42 bits per heavy atom. The first-order valence-corrected chi connectivity index (χ1v) is 4.08. The van der Waals surface area contributed by atoms with E-state index in [1.165, 1.54) is 0 Å². The lowest BCUT2D eigenvalue weighted by Gasteiger charge is -1.99. The number of nitrogens with one attached hydrogen (secondary N) is 1. The van der Waals surface area contributed by atoms with E-state index in [4.69, 9.17) is 0 Å². The topological polar surface area (TPSA) is 24.4 Å². The first-order valence-electron chi connectivity index (χ1n) is 3.67. The zero-order valence-electron chi connectivity index (χ0n) is 6.87. The van der Waals surface area contributed by atoms with Crippen LogP contribution >= 0.6 is 12.2 Å². The number of nitrogens with zero attached hydrogens (tertiary/aromatic N) is 1. The Morgan fingerprint density at radius 3 is 2.58 bits per heavy atom. The van der Waals surface area contributed by atoms with Crippen molar-refractivity contribution in [1.29, 1.82) is 0 Å². The van der Waals surface area contributed by atoms with Crippen LogP contribution in [0.5, 0.6) is 0 Å². The van der Waals surface area contributed by atoms with Crippen molar-refractivity contribution in [3.8, 4) is 0 Å². The summed E-state index contributed by atoms with van der Waals surface area (Å²) in [6, 6.07) is 8.05. The fourth-order valence-corrected chi connectivity index (χ4v) is 0.965. The van der Waals surface area contributed by atoms with Gasteiger partial charge in [-0.2, -0.15) is 0 Å². The molecule has 0 heterocycles. The second-order valence-electron chi connectivity index (χ2n) is 2.35. The lowest BCUT2D eigenvalue weighted by Crippen LogP contribution is -1.87. The van der Waals surface area contributed by atoms with Crippen LogP contribution in [0, 0.1) is 0 Å². The molecule has 0 aliphatic rings. The molecule has 0 radical (unpaired) electrons. The van der Waals surface area contributed by atoms with Gasteiger partial charge in [0, 0.05) is 12.7 Å². The summed E-state index contributed by atoms with van der Waals surface area (Å²) in [4.78, 5) is 3.84. The maximum absolute atomic E-state index is 4.47. The van der Waals surface area contributed by atoms with Gasteiger partial charge in [0.2, 0.25) is 0 Å². The molecule has 0 fully saturated rings. The molecule has 1 N–H and O–H groups in total. The third-order valence-electron chi connectivity index (χ3n) is 1.57. The van der Waals surface area contributed by atoms with Crippen LogP contribution in [0.4, 0.5) is 5.69 Å². The predicted octanol–water partition coefficient (Wildman–Crippen LogP) is 2.33. The Balaban J connectivity index is 2.70. The largest absolute Gasteiger partial charge is 0.388 e. The van der Waals surface area contributed by atoms with E-state index in [1.807, 2.05) is 31.3 Å². The Bertz CT molecular complexity index is 286. The maximum Gasteiger partial charge on any atom is 0.0743 e. The minimum atomic E-state index is 0.619. The van der Waals surface area contributed by atoms with Crippen LogP contribution in [0.2, 0.25) is 0 Å². The molecule has 0 bridgehead atoms. The third kappa shape index (κ3) is 2.46. The number of thiocarbonyl (C=S) groups is 1. The normalized spacial score (nSPS) is 8.75. The van der Waals surface area contributed by atoms with E-state index in [0.29, 0.717) is 6.54 Å². The Morgan fingerprint density at radius 2 is 2.08 bits per heavy atom. The van der Waals surface area contributed by atoms with E-state index in [-0.39, 0.29) is 0 Å². The lowest BCUT2D eigenvalue weighted by atomic mass is 10.2. The number of hydrogen-bond acceptors (Lipinski definition) is 3. The van der Waals surface area contributed by atoms with Gasteiger partial charge in [-0.15, -0.1) is 0 Å². The molecule has 0 saturated carbocycles. The van der Waals surface area contributed by atoms with E-state index < -0.39 is 0 Å². The highest BCUT2D eigenvalue weighted by molar-refractivity contribution is 7.78. The zero-order chi connectivity index (χ0) is 8.81. The fourth-order valence-electron chi connectivity index (χ4n) is 0.900. The van der Waals surface area contributed by atoms with Gasteiger partial charge in [0.05, 0.1) is 11.7 Å². The molecular formula is C9H10N2S. The molecule has 0 spiro atoms. The van der Waals surface area contributed by atoms with Gasteiger partial charge >= 0.3 is 0 Å². The molecule has 3 heteroatoms. The van der Waals surface area contributed by atoms with Crippen molar-refractivity contribution in [1.82, 2.24) is 0 Å². The smallest absolute Gasteiger partial charge is 0.0743 e. The van der Waals surface area contributed by atoms with Crippen molar-refractivity contribution in [2.24, 2.45) is 4.99 Å². The first kappa shape index (κ1) is 8.91. The summed E-state index contributed by atoms with van der Waals surface area (Å²) in [7, 11) is 1.89. The molecule has 0 unspecified atom stereocenters. The van der Waals surface area contributed by atoms with Crippen LogP contribution in [-0.2, 0) is 6.54 Å². The van der Waals surface area contributed by atoms with Gasteiger partial charge in [0.25, 0.3) is 0 Å². The average molecular weight is 178 g/mol. The second kappa shape index (κ2) is 4.65. The molecule has 0 amide bonds. The number of aliphatic imine (C=N–C) groups is 1. The summed E-state index contributed by atoms with van der Waals surface area (Å²) < 4.78 is 0. The van der Waals surface area contributed by atoms with E-state index in [0.717, 1.165) is 11.3 Å². The van der Waals surface area contributed by atoms with Crippen LogP contribution in [0.3, 0.4) is 0 Å². The van der Waals surface area contributed by atoms with Gasteiger partial charge < -0.3 is 5.32 Å². The molecule has 0 atom stereocenters. The summed E-state index contributed by atoms with van der Waals surface area (Å²) in [5, 5.41) is 5.38. The number of hydrogen-bond donors (Lipinski definition) is 1. The predicted molar refractivity (Wildman–Crippen MR) is 54.7 cm³/mol. The molecule has 62 valence electrons. The molecule has 2 nitrogen and oxygen atoms in total. The van der Waals surface area contributed by atoms with E-state index in [9.17, 15) is 0 Å². The van der Waals surface area contributed by atoms with Crippen molar-refractivity contribution < 1.29 is 0 Å². The Labute approximate surface area is 77.3 Å². The monoisotopic (exact) mass is 178 g/mol. The molecular weight excluding hydrogens is 168 g/mol. The number of isothiocyanates is 1. The molecule has 1 aromatic rings. The van der Waals surface area contributed by atoms with Gasteiger partial charge in [-0.1, -0.05) is 12.1 Å². The lowest BCUT2D eigenvalue weighted by molar-refractivity contribution is 1.08. The highest BCUT2D eigenvalue weighted by atomic mass is 32.1. The van der Waals surface area contributed by atoms with Gasteiger partial charge in [0.15, 0.2) is 0 Å². The van der Waals surface area contributed by atoms with Gasteiger partial charge in [-0.3, -0.25) is 0 Å². The van der Waals surface area contributed by atoms with Crippen molar-refractivity contribution in [2.75, 3.05) is 12.4 Å². The van der Waals surface area contributed by atoms with Crippen molar-refractivity contribution in [3.05, 3.63) is 29.8 Å². The van der Waals surface area contributed by atoms with Crippen LogP contribution in [0.25, 0.3) is 0 Å². The molecule has 0 aliphatic carbocycles. The van der Waals surface area contributed by atoms with Crippen molar-refractivity contribution in [3.63, 3.8) is 0 Å². The van der Waals surface area contributed by atoms with E-state index in [1.54, 1.807) is 0 Å². The second-order valence-corrected chi connectivity index (χ2v) is 2.54. The third-order valence-corrected chi connectivity index (χ3v) is 1.70. The zero-order valence-corrected chi connectivity index (χ0v) is 7.69. The number of benzene rings is 1. The van der Waals surface area contributed by atoms with Gasteiger partial charge in [-0.05, 0) is 29.9 Å². The molecule has 0 aromatic heterocycles. The van der Waals surface area contributed by atoms with Crippen LogP contribution < -0.4 is 5.32 Å². The average Bonchev–Trinajstić information content (AvgIpc) is 2.15. The Kier molecular flexibility index (Phi) is 3.45. The summed E-state index contributed by atoms with van der Waals surface area (Å²) in [5.74, 6) is 0. The van der Waals surface area contributed by atoms with Gasteiger partial charge in [0.1, 0.15) is 0 Å². The summed E-state index contributed by atoms with van der Waals surface area (Å²) >= 11 is 4.47. The molecule has 0 aliphatic heterocycles. The highest BCUT2D eigenvalue weighted by Gasteiger charge is 1.89.